The Hall–Kier alpha value is -4.44. The number of nitrogens with zero attached hydrogens (tertiary/aromatic N) is 2. The summed E-state index contributed by atoms with van der Waals surface area (Å²) >= 11 is 0. The van der Waals surface area contributed by atoms with Crippen LogP contribution in [0.25, 0.3) is 6.08 Å². The van der Waals surface area contributed by atoms with Gasteiger partial charge < -0.3 is 10.1 Å². The van der Waals surface area contributed by atoms with Crippen LogP contribution in [0.2, 0.25) is 0 Å². The van der Waals surface area contributed by atoms with Crippen LogP contribution in [0.15, 0.2) is 84.4 Å². The Morgan fingerprint density at radius 2 is 1.80 bits per heavy atom. The molecule has 0 aliphatic carbocycles. The third kappa shape index (κ3) is 5.53. The molecule has 3 aromatic rings. The molecular weight excluding hydrogens is 382 g/mol. The van der Waals surface area contributed by atoms with Gasteiger partial charge in [0.25, 0.3) is 11.6 Å². The van der Waals surface area contributed by atoms with Crippen molar-refractivity contribution in [3.8, 4) is 11.8 Å². The summed E-state index contributed by atoms with van der Waals surface area (Å²) in [5.74, 6) is 0.0451. The monoisotopic (exact) mass is 399 g/mol. The fourth-order valence-electron chi connectivity index (χ4n) is 2.61. The minimum Gasteiger partial charge on any atom is -0.489 e. The number of carbonyl (C=O) groups is 1. The Labute approximate surface area is 173 Å². The first kappa shape index (κ1) is 20.3. The van der Waals surface area contributed by atoms with Gasteiger partial charge in [0.05, 0.1) is 4.92 Å². The molecule has 1 N–H and O–H groups in total. The van der Waals surface area contributed by atoms with Crippen molar-refractivity contribution in [3.63, 3.8) is 0 Å². The zero-order valence-electron chi connectivity index (χ0n) is 15.8. The molecule has 1 amide bonds. The Kier molecular flexibility index (Phi) is 6.54. The van der Waals surface area contributed by atoms with Crippen LogP contribution in [0, 0.1) is 21.4 Å². The van der Waals surface area contributed by atoms with Crippen LogP contribution in [0.4, 0.5) is 11.4 Å². The molecule has 0 bridgehead atoms. The minimum absolute atomic E-state index is 0.0173. The van der Waals surface area contributed by atoms with Crippen LogP contribution in [0.1, 0.15) is 11.1 Å². The number of benzene rings is 3. The van der Waals surface area contributed by atoms with Gasteiger partial charge in [-0.1, -0.05) is 30.3 Å². The molecule has 0 atom stereocenters. The van der Waals surface area contributed by atoms with E-state index in [1.165, 1.54) is 18.2 Å². The van der Waals surface area contributed by atoms with Gasteiger partial charge in [-0.2, -0.15) is 5.26 Å². The average molecular weight is 399 g/mol. The summed E-state index contributed by atoms with van der Waals surface area (Å²) in [4.78, 5) is 22.6. The Morgan fingerprint density at radius 3 is 2.47 bits per heavy atom. The number of nitrogens with one attached hydrogen (secondary N) is 1. The number of nitro benzene ring substituents is 1. The third-order valence-electron chi connectivity index (χ3n) is 4.12. The highest BCUT2D eigenvalue weighted by molar-refractivity contribution is 6.09. The number of amides is 1. The number of carbonyl (C=O) groups excluding carboxylic acids is 1. The molecule has 0 aliphatic rings. The number of anilines is 1. The standard InChI is InChI=1S/C23H17N3O4/c24-15-19(23(27)25-20-6-2-1-3-7-20)13-18-5-4-8-22(14-18)30-16-17-9-11-21(12-10-17)26(28)29/h1-14H,16H2,(H,25,27)/b19-13+. The second-order valence-electron chi connectivity index (χ2n) is 6.27. The summed E-state index contributed by atoms with van der Waals surface area (Å²) in [6, 6.07) is 23.9. The lowest BCUT2D eigenvalue weighted by atomic mass is 10.1. The van der Waals surface area contributed by atoms with Crippen molar-refractivity contribution in [2.45, 2.75) is 6.61 Å². The van der Waals surface area contributed by atoms with E-state index in [1.54, 1.807) is 60.7 Å². The van der Waals surface area contributed by atoms with Gasteiger partial charge in [0.1, 0.15) is 24.0 Å². The summed E-state index contributed by atoms with van der Waals surface area (Å²) in [5, 5.41) is 22.7. The predicted octanol–water partition coefficient (Wildman–Crippen LogP) is 4.72. The molecule has 0 aliphatic heterocycles. The molecule has 0 unspecified atom stereocenters. The van der Waals surface area contributed by atoms with Gasteiger partial charge in [-0.3, -0.25) is 14.9 Å². The molecule has 0 fully saturated rings. The number of rotatable bonds is 7. The van der Waals surface area contributed by atoms with Crippen molar-refractivity contribution < 1.29 is 14.5 Å². The van der Waals surface area contributed by atoms with E-state index in [4.69, 9.17) is 4.74 Å². The van der Waals surface area contributed by atoms with E-state index in [9.17, 15) is 20.2 Å². The van der Waals surface area contributed by atoms with Gasteiger partial charge in [-0.15, -0.1) is 0 Å². The lowest BCUT2D eigenvalue weighted by Crippen LogP contribution is -2.13. The van der Waals surface area contributed by atoms with E-state index in [0.29, 0.717) is 17.0 Å². The predicted molar refractivity (Wildman–Crippen MR) is 113 cm³/mol. The molecule has 30 heavy (non-hydrogen) atoms. The maximum absolute atomic E-state index is 12.3. The largest absolute Gasteiger partial charge is 0.489 e. The first-order valence-corrected chi connectivity index (χ1v) is 8.99. The van der Waals surface area contributed by atoms with Gasteiger partial charge >= 0.3 is 0 Å². The normalized spacial score (nSPS) is 10.7. The molecular formula is C23H17N3O4. The highest BCUT2D eigenvalue weighted by Crippen LogP contribution is 2.19. The first-order valence-electron chi connectivity index (χ1n) is 8.99. The Bertz CT molecular complexity index is 1120. The zero-order valence-corrected chi connectivity index (χ0v) is 15.8. The molecule has 0 radical (unpaired) electrons. The molecule has 7 nitrogen and oxygen atoms in total. The van der Waals surface area contributed by atoms with E-state index in [2.05, 4.69) is 5.32 Å². The van der Waals surface area contributed by atoms with Gasteiger partial charge in [-0.25, -0.2) is 0 Å². The Balaban J connectivity index is 1.68. The fraction of sp³-hybridized carbons (Fsp3) is 0.0435. The summed E-state index contributed by atoms with van der Waals surface area (Å²) in [6.45, 7) is 0.227. The van der Waals surface area contributed by atoms with Crippen molar-refractivity contribution in [1.29, 1.82) is 5.26 Å². The number of para-hydroxylation sites is 1. The van der Waals surface area contributed by atoms with Crippen LogP contribution in [-0.4, -0.2) is 10.8 Å². The molecule has 0 spiro atoms. The number of nitriles is 1. The van der Waals surface area contributed by atoms with Crippen molar-refractivity contribution >= 4 is 23.4 Å². The zero-order chi connectivity index (χ0) is 21.3. The fourth-order valence-corrected chi connectivity index (χ4v) is 2.61. The second kappa shape index (κ2) is 9.66. The number of nitro groups is 1. The second-order valence-corrected chi connectivity index (χ2v) is 6.27. The molecule has 0 saturated carbocycles. The van der Waals surface area contributed by atoms with Crippen molar-refractivity contribution in [3.05, 3.63) is 106 Å². The van der Waals surface area contributed by atoms with Gasteiger partial charge in [-0.05, 0) is 53.6 Å². The van der Waals surface area contributed by atoms with E-state index in [1.807, 2.05) is 12.1 Å². The Morgan fingerprint density at radius 1 is 1.07 bits per heavy atom. The maximum atomic E-state index is 12.3. The summed E-state index contributed by atoms with van der Waals surface area (Å²) < 4.78 is 5.72. The number of ether oxygens (including phenoxy) is 1. The van der Waals surface area contributed by atoms with Crippen LogP contribution >= 0.6 is 0 Å². The molecule has 3 aromatic carbocycles. The van der Waals surface area contributed by atoms with Crippen molar-refractivity contribution in [1.82, 2.24) is 0 Å². The van der Waals surface area contributed by atoms with Crippen LogP contribution < -0.4 is 10.1 Å². The van der Waals surface area contributed by atoms with E-state index < -0.39 is 10.8 Å². The number of hydrogen-bond acceptors (Lipinski definition) is 5. The molecule has 7 heteroatoms. The van der Waals surface area contributed by atoms with E-state index >= 15 is 0 Å². The van der Waals surface area contributed by atoms with Crippen LogP contribution in [0.3, 0.4) is 0 Å². The lowest BCUT2D eigenvalue weighted by molar-refractivity contribution is -0.384. The van der Waals surface area contributed by atoms with Gasteiger partial charge in [0, 0.05) is 17.8 Å². The molecule has 0 heterocycles. The smallest absolute Gasteiger partial charge is 0.269 e. The minimum atomic E-state index is -0.499. The highest BCUT2D eigenvalue weighted by atomic mass is 16.6. The molecule has 0 saturated heterocycles. The SMILES string of the molecule is N#C/C(=C\c1cccc(OCc2ccc([N+](=O)[O-])cc2)c1)C(=O)Nc1ccccc1. The molecule has 3 rings (SSSR count). The summed E-state index contributed by atoms with van der Waals surface area (Å²) in [5.41, 5.74) is 2.00. The number of non-ortho nitro benzene ring substituents is 1. The van der Waals surface area contributed by atoms with E-state index in [0.717, 1.165) is 5.56 Å². The lowest BCUT2D eigenvalue weighted by Gasteiger charge is -2.07. The van der Waals surface area contributed by atoms with Gasteiger partial charge in [0.2, 0.25) is 0 Å². The summed E-state index contributed by atoms with van der Waals surface area (Å²) in [6.07, 6.45) is 1.48. The third-order valence-corrected chi connectivity index (χ3v) is 4.12. The van der Waals surface area contributed by atoms with E-state index in [-0.39, 0.29) is 17.9 Å². The quantitative estimate of drug-likeness (QED) is 0.268. The first-order chi connectivity index (χ1) is 14.5. The average Bonchev–Trinajstić information content (AvgIpc) is 2.77. The van der Waals surface area contributed by atoms with Crippen molar-refractivity contribution in [2.75, 3.05) is 5.32 Å². The molecule has 148 valence electrons. The van der Waals surface area contributed by atoms with Crippen molar-refractivity contribution in [2.24, 2.45) is 0 Å². The van der Waals surface area contributed by atoms with Crippen LogP contribution in [0.5, 0.6) is 5.75 Å². The highest BCUT2D eigenvalue weighted by Gasteiger charge is 2.10. The van der Waals surface area contributed by atoms with Gasteiger partial charge in [0.15, 0.2) is 0 Å². The molecule has 0 aromatic heterocycles. The number of hydrogen-bond donors (Lipinski definition) is 1. The topological polar surface area (TPSA) is 105 Å². The van der Waals surface area contributed by atoms with Crippen LogP contribution in [-0.2, 0) is 11.4 Å². The summed E-state index contributed by atoms with van der Waals surface area (Å²) in [7, 11) is 0. The maximum Gasteiger partial charge on any atom is 0.269 e.